The second-order valence-electron chi connectivity index (χ2n) is 5.67. The molecule has 0 aromatic heterocycles. The van der Waals surface area contributed by atoms with Gasteiger partial charge in [-0.2, -0.15) is 5.26 Å². The van der Waals surface area contributed by atoms with Crippen LogP contribution in [0.1, 0.15) is 46.5 Å². The standard InChI is InChI=1S/C13H21ClN2O2/c1-12(2,3)18-11(17)16-9-5-7-13(16,10-15)6-4-8-14/h4-9H2,1-3H3/t13-/m1/s1. The summed E-state index contributed by atoms with van der Waals surface area (Å²) >= 11 is 5.69. The minimum atomic E-state index is -0.725. The van der Waals surface area contributed by atoms with Crippen molar-refractivity contribution in [3.8, 4) is 6.07 Å². The fourth-order valence-electron chi connectivity index (χ4n) is 2.25. The van der Waals surface area contributed by atoms with E-state index in [9.17, 15) is 10.1 Å². The van der Waals surface area contributed by atoms with Crippen molar-refractivity contribution in [2.45, 2.75) is 57.6 Å². The monoisotopic (exact) mass is 272 g/mol. The number of nitriles is 1. The van der Waals surface area contributed by atoms with Gasteiger partial charge in [-0.3, -0.25) is 4.90 Å². The van der Waals surface area contributed by atoms with Crippen molar-refractivity contribution in [2.24, 2.45) is 0 Å². The molecule has 1 saturated heterocycles. The lowest BCUT2D eigenvalue weighted by molar-refractivity contribution is 0.0146. The van der Waals surface area contributed by atoms with Gasteiger partial charge in [0.25, 0.3) is 0 Å². The molecule has 1 rings (SSSR count). The maximum Gasteiger partial charge on any atom is 0.411 e. The van der Waals surface area contributed by atoms with Gasteiger partial charge in [-0.1, -0.05) is 0 Å². The third-order valence-corrected chi connectivity index (χ3v) is 3.30. The van der Waals surface area contributed by atoms with Gasteiger partial charge in [0.2, 0.25) is 0 Å². The molecule has 0 aliphatic carbocycles. The summed E-state index contributed by atoms with van der Waals surface area (Å²) in [5.41, 5.74) is -1.26. The van der Waals surface area contributed by atoms with Crippen molar-refractivity contribution in [1.29, 1.82) is 5.26 Å². The Hall–Kier alpha value is -0.950. The largest absolute Gasteiger partial charge is 0.444 e. The molecule has 1 aliphatic rings. The van der Waals surface area contributed by atoms with E-state index in [1.54, 1.807) is 4.90 Å². The number of carbonyl (C=O) groups excluding carboxylic acids is 1. The quantitative estimate of drug-likeness (QED) is 0.741. The minimum Gasteiger partial charge on any atom is -0.444 e. The normalized spacial score (nSPS) is 23.8. The molecule has 0 bridgehead atoms. The van der Waals surface area contributed by atoms with Crippen LogP contribution in [0.5, 0.6) is 0 Å². The van der Waals surface area contributed by atoms with Crippen LogP contribution in [0.3, 0.4) is 0 Å². The zero-order valence-electron chi connectivity index (χ0n) is 11.3. The maximum absolute atomic E-state index is 12.1. The molecule has 5 heteroatoms. The molecule has 1 aliphatic heterocycles. The second-order valence-corrected chi connectivity index (χ2v) is 6.05. The highest BCUT2D eigenvalue weighted by atomic mass is 35.5. The van der Waals surface area contributed by atoms with Gasteiger partial charge in [-0.25, -0.2) is 4.79 Å². The van der Waals surface area contributed by atoms with E-state index in [2.05, 4.69) is 6.07 Å². The molecular formula is C13H21ClN2O2. The Labute approximate surface area is 114 Å². The number of hydrogen-bond acceptors (Lipinski definition) is 3. The SMILES string of the molecule is CC(C)(C)OC(=O)N1CCC[C@@]1(C#N)CCCCl. The first kappa shape index (κ1) is 15.1. The Morgan fingerprint density at radius 2 is 2.22 bits per heavy atom. The van der Waals surface area contributed by atoms with Crippen LogP contribution in [0, 0.1) is 11.3 Å². The number of amides is 1. The van der Waals surface area contributed by atoms with Gasteiger partial charge in [0.05, 0.1) is 6.07 Å². The lowest BCUT2D eigenvalue weighted by atomic mass is 9.92. The predicted octanol–water partition coefficient (Wildman–Crippen LogP) is 3.30. The highest BCUT2D eigenvalue weighted by molar-refractivity contribution is 6.17. The highest BCUT2D eigenvalue weighted by Crippen LogP contribution is 2.34. The maximum atomic E-state index is 12.1. The van der Waals surface area contributed by atoms with E-state index in [-0.39, 0.29) is 0 Å². The molecule has 1 fully saturated rings. The van der Waals surface area contributed by atoms with Gasteiger partial charge in [-0.15, -0.1) is 11.6 Å². The Kier molecular flexibility index (Phi) is 4.86. The fraction of sp³-hybridized carbons (Fsp3) is 0.846. The van der Waals surface area contributed by atoms with Crippen LogP contribution in [0.4, 0.5) is 4.79 Å². The van der Waals surface area contributed by atoms with E-state index in [1.807, 2.05) is 20.8 Å². The van der Waals surface area contributed by atoms with E-state index >= 15 is 0 Å². The first-order valence-electron chi connectivity index (χ1n) is 6.32. The van der Waals surface area contributed by atoms with Crippen molar-refractivity contribution >= 4 is 17.7 Å². The van der Waals surface area contributed by atoms with Gasteiger partial charge < -0.3 is 4.74 Å². The highest BCUT2D eigenvalue weighted by Gasteiger charge is 2.45. The zero-order valence-corrected chi connectivity index (χ0v) is 12.1. The summed E-state index contributed by atoms with van der Waals surface area (Å²) < 4.78 is 5.36. The Balaban J connectivity index is 2.79. The Morgan fingerprint density at radius 3 is 2.72 bits per heavy atom. The first-order valence-corrected chi connectivity index (χ1v) is 6.86. The van der Waals surface area contributed by atoms with Gasteiger partial charge in [0, 0.05) is 12.4 Å². The molecule has 1 atom stereocenters. The number of ether oxygens (including phenoxy) is 1. The summed E-state index contributed by atoms with van der Waals surface area (Å²) in [5, 5.41) is 9.42. The topological polar surface area (TPSA) is 53.3 Å². The number of rotatable bonds is 3. The lowest BCUT2D eigenvalue weighted by Gasteiger charge is -2.34. The summed E-state index contributed by atoms with van der Waals surface area (Å²) in [6.07, 6.45) is 2.51. The molecule has 1 heterocycles. The zero-order chi connectivity index (χ0) is 13.8. The number of hydrogen-bond donors (Lipinski definition) is 0. The summed E-state index contributed by atoms with van der Waals surface area (Å²) in [5.74, 6) is 0.506. The van der Waals surface area contributed by atoms with Crippen molar-refractivity contribution < 1.29 is 9.53 Å². The van der Waals surface area contributed by atoms with E-state index in [0.29, 0.717) is 25.3 Å². The van der Waals surface area contributed by atoms with Crippen molar-refractivity contribution in [3.05, 3.63) is 0 Å². The van der Waals surface area contributed by atoms with E-state index in [4.69, 9.17) is 16.3 Å². The summed E-state index contributed by atoms with van der Waals surface area (Å²) in [6, 6.07) is 2.30. The Morgan fingerprint density at radius 1 is 1.56 bits per heavy atom. The fourth-order valence-corrected chi connectivity index (χ4v) is 2.39. The van der Waals surface area contributed by atoms with E-state index < -0.39 is 17.2 Å². The molecule has 4 nitrogen and oxygen atoms in total. The first-order chi connectivity index (χ1) is 8.34. The molecule has 0 N–H and O–H groups in total. The van der Waals surface area contributed by atoms with Crippen molar-refractivity contribution in [2.75, 3.05) is 12.4 Å². The number of likely N-dealkylation sites (tertiary alicyclic amines) is 1. The van der Waals surface area contributed by atoms with E-state index in [0.717, 1.165) is 12.8 Å². The predicted molar refractivity (Wildman–Crippen MR) is 70.5 cm³/mol. The number of alkyl halides is 1. The van der Waals surface area contributed by atoms with Crippen molar-refractivity contribution in [1.82, 2.24) is 4.90 Å². The third kappa shape index (κ3) is 3.52. The molecule has 1 amide bonds. The third-order valence-electron chi connectivity index (χ3n) is 3.03. The smallest absolute Gasteiger partial charge is 0.411 e. The summed E-state index contributed by atoms with van der Waals surface area (Å²) in [6.45, 7) is 6.07. The molecule has 0 spiro atoms. The number of halogens is 1. The van der Waals surface area contributed by atoms with Gasteiger partial charge in [0.15, 0.2) is 0 Å². The van der Waals surface area contributed by atoms with Crippen molar-refractivity contribution in [3.63, 3.8) is 0 Å². The molecular weight excluding hydrogens is 252 g/mol. The molecule has 102 valence electrons. The second kappa shape index (κ2) is 5.79. The summed E-state index contributed by atoms with van der Waals surface area (Å²) in [7, 11) is 0. The van der Waals surface area contributed by atoms with Crippen LogP contribution in [0.2, 0.25) is 0 Å². The summed E-state index contributed by atoms with van der Waals surface area (Å²) in [4.78, 5) is 13.7. The molecule has 0 saturated carbocycles. The van der Waals surface area contributed by atoms with Gasteiger partial charge in [0.1, 0.15) is 11.1 Å². The average molecular weight is 273 g/mol. The van der Waals surface area contributed by atoms with Crippen LogP contribution < -0.4 is 0 Å². The van der Waals surface area contributed by atoms with Crippen LogP contribution in [0.25, 0.3) is 0 Å². The van der Waals surface area contributed by atoms with Gasteiger partial charge in [-0.05, 0) is 46.5 Å². The minimum absolute atomic E-state index is 0.392. The average Bonchev–Trinajstić information content (AvgIpc) is 2.68. The van der Waals surface area contributed by atoms with Crippen LogP contribution in [0.15, 0.2) is 0 Å². The molecule has 0 radical (unpaired) electrons. The van der Waals surface area contributed by atoms with Crippen LogP contribution >= 0.6 is 11.6 Å². The van der Waals surface area contributed by atoms with Crippen LogP contribution in [-0.4, -0.2) is 34.6 Å². The molecule has 0 aromatic rings. The number of nitrogens with zero attached hydrogens (tertiary/aromatic N) is 2. The van der Waals surface area contributed by atoms with Crippen LogP contribution in [-0.2, 0) is 4.74 Å². The Bertz CT molecular complexity index is 346. The van der Waals surface area contributed by atoms with E-state index in [1.165, 1.54) is 0 Å². The lowest BCUT2D eigenvalue weighted by Crippen LogP contribution is -2.48. The molecule has 0 unspecified atom stereocenters. The molecule has 0 aromatic carbocycles. The van der Waals surface area contributed by atoms with Gasteiger partial charge >= 0.3 is 6.09 Å². The molecule has 18 heavy (non-hydrogen) atoms. The number of carbonyl (C=O) groups is 1.